The molecule has 116 valence electrons. The van der Waals surface area contributed by atoms with E-state index in [1.807, 2.05) is 31.2 Å². The number of rotatable bonds is 3. The first-order chi connectivity index (χ1) is 9.82. The first-order valence-corrected chi connectivity index (χ1v) is 6.78. The Morgan fingerprint density at radius 2 is 2.05 bits per heavy atom. The molecule has 1 saturated heterocycles. The summed E-state index contributed by atoms with van der Waals surface area (Å²) in [7, 11) is 0. The van der Waals surface area contributed by atoms with Gasteiger partial charge in [-0.15, -0.1) is 0 Å². The highest BCUT2D eigenvalue weighted by molar-refractivity contribution is 5.92. The van der Waals surface area contributed by atoms with E-state index in [-0.39, 0.29) is 18.5 Å². The van der Waals surface area contributed by atoms with Crippen molar-refractivity contribution >= 4 is 11.6 Å². The van der Waals surface area contributed by atoms with Crippen LogP contribution < -0.4 is 11.1 Å². The van der Waals surface area contributed by atoms with Gasteiger partial charge in [-0.25, -0.2) is 4.99 Å². The van der Waals surface area contributed by atoms with Gasteiger partial charge in [-0.05, 0) is 25.5 Å². The van der Waals surface area contributed by atoms with Crippen molar-refractivity contribution in [1.29, 1.82) is 0 Å². The number of alkyl halides is 3. The lowest BCUT2D eigenvalue weighted by atomic mass is 10.2. The maximum atomic E-state index is 12.3. The van der Waals surface area contributed by atoms with E-state index >= 15 is 0 Å². The van der Waals surface area contributed by atoms with Crippen molar-refractivity contribution in [2.24, 2.45) is 10.7 Å². The third-order valence-corrected chi connectivity index (χ3v) is 3.30. The standard InChI is InChI=1S/C14H19F3N4/c1-10-2-4-11(5-3-10)19-13(18)20-12-6-7-21(8-12)9-14(15,16)17/h2-5,12H,6-9H2,1H3,(H3,18,19,20). The molecule has 0 spiro atoms. The quantitative estimate of drug-likeness (QED) is 0.665. The Bertz CT molecular complexity index is 496. The number of halogens is 3. The van der Waals surface area contributed by atoms with Crippen molar-refractivity contribution in [3.8, 4) is 0 Å². The van der Waals surface area contributed by atoms with E-state index in [4.69, 9.17) is 5.73 Å². The molecule has 0 aliphatic carbocycles. The molecule has 0 bridgehead atoms. The first kappa shape index (κ1) is 15.6. The van der Waals surface area contributed by atoms with Gasteiger partial charge >= 0.3 is 6.18 Å². The fourth-order valence-electron chi connectivity index (χ4n) is 2.33. The van der Waals surface area contributed by atoms with E-state index in [9.17, 15) is 13.2 Å². The Labute approximate surface area is 121 Å². The average molecular weight is 300 g/mol. The van der Waals surface area contributed by atoms with Gasteiger partial charge in [0.1, 0.15) is 0 Å². The van der Waals surface area contributed by atoms with Gasteiger partial charge in [-0.1, -0.05) is 17.7 Å². The number of nitrogens with one attached hydrogen (secondary N) is 1. The minimum Gasteiger partial charge on any atom is -0.370 e. The largest absolute Gasteiger partial charge is 0.401 e. The van der Waals surface area contributed by atoms with Crippen LogP contribution in [-0.4, -0.2) is 42.7 Å². The summed E-state index contributed by atoms with van der Waals surface area (Å²) in [6.45, 7) is 1.78. The number of likely N-dealkylation sites (tertiary alicyclic amines) is 1. The van der Waals surface area contributed by atoms with Crippen LogP contribution in [0, 0.1) is 6.92 Å². The van der Waals surface area contributed by atoms with Crippen molar-refractivity contribution < 1.29 is 13.2 Å². The molecule has 1 atom stereocenters. The second-order valence-corrected chi connectivity index (χ2v) is 5.30. The topological polar surface area (TPSA) is 53.6 Å². The lowest BCUT2D eigenvalue weighted by Gasteiger charge is -2.17. The molecular formula is C14H19F3N4. The first-order valence-electron chi connectivity index (χ1n) is 6.78. The van der Waals surface area contributed by atoms with E-state index in [1.165, 1.54) is 4.90 Å². The molecule has 7 heteroatoms. The number of benzene rings is 1. The SMILES string of the molecule is Cc1ccc(NC(N)=NC2CCN(CC(F)(F)F)C2)cc1. The summed E-state index contributed by atoms with van der Waals surface area (Å²) in [5, 5.41) is 2.95. The van der Waals surface area contributed by atoms with Gasteiger partial charge in [0, 0.05) is 18.8 Å². The summed E-state index contributed by atoms with van der Waals surface area (Å²) >= 11 is 0. The molecule has 2 rings (SSSR count). The maximum absolute atomic E-state index is 12.3. The Hall–Kier alpha value is -1.76. The van der Waals surface area contributed by atoms with Crippen LogP contribution in [0.1, 0.15) is 12.0 Å². The zero-order valence-corrected chi connectivity index (χ0v) is 11.8. The zero-order chi connectivity index (χ0) is 15.5. The fourth-order valence-corrected chi connectivity index (χ4v) is 2.33. The molecule has 1 aromatic rings. The van der Waals surface area contributed by atoms with Crippen LogP contribution in [0.3, 0.4) is 0 Å². The number of nitrogens with two attached hydrogens (primary N) is 1. The van der Waals surface area contributed by atoms with E-state index in [2.05, 4.69) is 10.3 Å². The van der Waals surface area contributed by atoms with Crippen LogP contribution in [0.2, 0.25) is 0 Å². The lowest BCUT2D eigenvalue weighted by molar-refractivity contribution is -0.143. The number of guanidine groups is 1. The molecule has 0 saturated carbocycles. The van der Waals surface area contributed by atoms with Gasteiger partial charge in [-0.3, -0.25) is 4.90 Å². The molecule has 0 aromatic heterocycles. The highest BCUT2D eigenvalue weighted by atomic mass is 19.4. The number of hydrogen-bond donors (Lipinski definition) is 2. The van der Waals surface area contributed by atoms with Crippen LogP contribution in [-0.2, 0) is 0 Å². The number of aliphatic imine (C=N–C) groups is 1. The predicted octanol–water partition coefficient (Wildman–Crippen LogP) is 2.36. The molecule has 4 nitrogen and oxygen atoms in total. The summed E-state index contributed by atoms with van der Waals surface area (Å²) in [6, 6.07) is 7.45. The Balaban J connectivity index is 1.87. The van der Waals surface area contributed by atoms with Crippen LogP contribution in [0.5, 0.6) is 0 Å². The van der Waals surface area contributed by atoms with E-state index in [1.54, 1.807) is 0 Å². The van der Waals surface area contributed by atoms with Crippen LogP contribution in [0.15, 0.2) is 29.3 Å². The third-order valence-electron chi connectivity index (χ3n) is 3.30. The second-order valence-electron chi connectivity index (χ2n) is 5.30. The Morgan fingerprint density at radius 1 is 1.38 bits per heavy atom. The minimum absolute atomic E-state index is 0.190. The predicted molar refractivity (Wildman–Crippen MR) is 77.3 cm³/mol. The molecule has 3 N–H and O–H groups in total. The van der Waals surface area contributed by atoms with Gasteiger partial charge in [0.2, 0.25) is 0 Å². The molecular weight excluding hydrogens is 281 g/mol. The average Bonchev–Trinajstić information content (AvgIpc) is 2.77. The number of nitrogens with zero attached hydrogens (tertiary/aromatic N) is 2. The normalized spacial score (nSPS) is 20.8. The second kappa shape index (κ2) is 6.34. The molecule has 1 aromatic carbocycles. The maximum Gasteiger partial charge on any atom is 0.401 e. The van der Waals surface area contributed by atoms with Gasteiger partial charge in [0.15, 0.2) is 5.96 Å². The summed E-state index contributed by atoms with van der Waals surface area (Å²) < 4.78 is 36.9. The third kappa shape index (κ3) is 5.26. The molecule has 0 amide bonds. The van der Waals surface area contributed by atoms with Gasteiger partial charge in [-0.2, -0.15) is 13.2 Å². The fraction of sp³-hybridized carbons (Fsp3) is 0.500. The highest BCUT2D eigenvalue weighted by Crippen LogP contribution is 2.21. The molecule has 1 heterocycles. The number of hydrogen-bond acceptors (Lipinski definition) is 2. The van der Waals surface area contributed by atoms with Crippen LogP contribution >= 0.6 is 0 Å². The van der Waals surface area contributed by atoms with Gasteiger partial charge in [0.25, 0.3) is 0 Å². The molecule has 1 aliphatic rings. The van der Waals surface area contributed by atoms with Crippen molar-refractivity contribution in [3.63, 3.8) is 0 Å². The molecule has 1 fully saturated rings. The summed E-state index contributed by atoms with van der Waals surface area (Å²) in [5.74, 6) is 0.234. The van der Waals surface area contributed by atoms with Gasteiger partial charge in [0.05, 0.1) is 12.6 Å². The number of aryl methyl sites for hydroxylation is 1. The van der Waals surface area contributed by atoms with Crippen LogP contribution in [0.4, 0.5) is 18.9 Å². The highest BCUT2D eigenvalue weighted by Gasteiger charge is 2.34. The van der Waals surface area contributed by atoms with Crippen LogP contribution in [0.25, 0.3) is 0 Å². The zero-order valence-electron chi connectivity index (χ0n) is 11.8. The lowest BCUT2D eigenvalue weighted by Crippen LogP contribution is -2.33. The van der Waals surface area contributed by atoms with Crippen molar-refractivity contribution in [3.05, 3.63) is 29.8 Å². The number of anilines is 1. The molecule has 21 heavy (non-hydrogen) atoms. The van der Waals surface area contributed by atoms with Crippen molar-refractivity contribution in [1.82, 2.24) is 4.90 Å². The smallest absolute Gasteiger partial charge is 0.370 e. The molecule has 1 unspecified atom stereocenters. The molecule has 0 radical (unpaired) electrons. The molecule has 1 aliphatic heterocycles. The summed E-state index contributed by atoms with van der Waals surface area (Å²) in [4.78, 5) is 5.60. The Morgan fingerprint density at radius 3 is 2.67 bits per heavy atom. The summed E-state index contributed by atoms with van der Waals surface area (Å²) in [6.07, 6.45) is -3.57. The van der Waals surface area contributed by atoms with Crippen molar-refractivity contribution in [2.75, 3.05) is 25.0 Å². The Kier molecular flexibility index (Phi) is 4.72. The van der Waals surface area contributed by atoms with Gasteiger partial charge < -0.3 is 11.1 Å². The van der Waals surface area contributed by atoms with E-state index in [0.717, 1.165) is 11.3 Å². The van der Waals surface area contributed by atoms with E-state index < -0.39 is 12.7 Å². The minimum atomic E-state index is -4.16. The monoisotopic (exact) mass is 300 g/mol. The van der Waals surface area contributed by atoms with E-state index in [0.29, 0.717) is 13.0 Å². The summed E-state index contributed by atoms with van der Waals surface area (Å²) in [5.41, 5.74) is 7.74. The van der Waals surface area contributed by atoms with Crippen molar-refractivity contribution in [2.45, 2.75) is 25.6 Å².